The monoisotopic (exact) mass is 422 g/mol. The number of carbonyl (C=O) groups is 2. The Hall–Kier alpha value is -3.39. The van der Waals surface area contributed by atoms with E-state index in [0.29, 0.717) is 17.8 Å². The number of anilines is 2. The highest BCUT2D eigenvalue weighted by Crippen LogP contribution is 2.27. The summed E-state index contributed by atoms with van der Waals surface area (Å²) in [6, 6.07) is 17.3. The van der Waals surface area contributed by atoms with Crippen molar-refractivity contribution in [2.24, 2.45) is 5.16 Å². The van der Waals surface area contributed by atoms with Crippen molar-refractivity contribution >= 4 is 28.9 Å². The van der Waals surface area contributed by atoms with Crippen molar-refractivity contribution in [1.29, 1.82) is 0 Å². The number of nitrogens with zero attached hydrogens (tertiary/aromatic N) is 3. The molecule has 0 aromatic heterocycles. The van der Waals surface area contributed by atoms with E-state index in [1.165, 1.54) is 4.90 Å². The van der Waals surface area contributed by atoms with E-state index in [1.807, 2.05) is 54.6 Å². The first-order valence-electron chi connectivity index (χ1n) is 10.4. The van der Waals surface area contributed by atoms with Gasteiger partial charge in [-0.15, -0.1) is 0 Å². The predicted molar refractivity (Wildman–Crippen MR) is 118 cm³/mol. The van der Waals surface area contributed by atoms with Crippen molar-refractivity contribution in [2.45, 2.75) is 12.5 Å². The fourth-order valence-electron chi connectivity index (χ4n) is 3.64. The summed E-state index contributed by atoms with van der Waals surface area (Å²) < 4.78 is 5.37. The Morgan fingerprint density at radius 3 is 2.52 bits per heavy atom. The summed E-state index contributed by atoms with van der Waals surface area (Å²) in [5.74, 6) is -0.578. The number of rotatable bonds is 6. The predicted octanol–water partition coefficient (Wildman–Crippen LogP) is 2.44. The lowest BCUT2D eigenvalue weighted by Gasteiger charge is -2.28. The fourth-order valence-corrected chi connectivity index (χ4v) is 3.64. The van der Waals surface area contributed by atoms with Gasteiger partial charge >= 0.3 is 0 Å². The molecule has 1 saturated heterocycles. The average molecular weight is 422 g/mol. The molecule has 0 radical (unpaired) electrons. The number of carbonyl (C=O) groups excluding carboxylic acids is 2. The maximum Gasteiger partial charge on any atom is 0.272 e. The highest BCUT2D eigenvalue weighted by atomic mass is 16.6. The molecule has 2 aromatic carbocycles. The van der Waals surface area contributed by atoms with Crippen molar-refractivity contribution in [3.63, 3.8) is 0 Å². The first-order valence-corrected chi connectivity index (χ1v) is 10.4. The van der Waals surface area contributed by atoms with E-state index >= 15 is 0 Å². The maximum absolute atomic E-state index is 12.6. The zero-order valence-corrected chi connectivity index (χ0v) is 17.5. The second-order valence-electron chi connectivity index (χ2n) is 7.60. The smallest absolute Gasteiger partial charge is 0.272 e. The lowest BCUT2D eigenvalue weighted by atomic mass is 10.0. The Bertz CT molecular complexity index is 940. The molecule has 2 heterocycles. The van der Waals surface area contributed by atoms with Gasteiger partial charge in [0.05, 0.1) is 19.8 Å². The van der Waals surface area contributed by atoms with Gasteiger partial charge in [-0.3, -0.25) is 9.59 Å². The molecular formula is C23H26N4O4. The number of ether oxygens (including phenoxy) is 1. The molecule has 1 atom stereocenters. The van der Waals surface area contributed by atoms with Crippen LogP contribution in [0, 0.1) is 0 Å². The van der Waals surface area contributed by atoms with Gasteiger partial charge in [0.15, 0.2) is 6.10 Å². The van der Waals surface area contributed by atoms with Crippen LogP contribution < -0.4 is 10.2 Å². The summed E-state index contributed by atoms with van der Waals surface area (Å²) in [5.41, 5.74) is 3.07. The summed E-state index contributed by atoms with van der Waals surface area (Å²) in [6.07, 6.45) is 0.116. The Kier molecular flexibility index (Phi) is 6.47. The van der Waals surface area contributed by atoms with Gasteiger partial charge < -0.3 is 24.7 Å². The van der Waals surface area contributed by atoms with Crippen LogP contribution in [0.1, 0.15) is 18.1 Å². The van der Waals surface area contributed by atoms with Crippen molar-refractivity contribution in [3.05, 3.63) is 60.2 Å². The van der Waals surface area contributed by atoms with Crippen LogP contribution in [0.15, 0.2) is 59.8 Å². The van der Waals surface area contributed by atoms with E-state index in [1.54, 1.807) is 7.05 Å². The molecule has 162 valence electrons. The summed E-state index contributed by atoms with van der Waals surface area (Å²) in [6.45, 7) is 3.09. The van der Waals surface area contributed by atoms with Gasteiger partial charge in [0.25, 0.3) is 5.91 Å². The highest BCUT2D eigenvalue weighted by Gasteiger charge is 2.29. The molecule has 2 aromatic rings. The van der Waals surface area contributed by atoms with Crippen LogP contribution in [-0.2, 0) is 19.2 Å². The molecule has 2 aliphatic heterocycles. The average Bonchev–Trinajstić information content (AvgIpc) is 3.30. The summed E-state index contributed by atoms with van der Waals surface area (Å²) >= 11 is 0. The number of benzene rings is 2. The van der Waals surface area contributed by atoms with Crippen LogP contribution in [0.3, 0.4) is 0 Å². The van der Waals surface area contributed by atoms with Gasteiger partial charge in [0.1, 0.15) is 5.71 Å². The standard InChI is InChI=1S/C23H26N4O4/c1-26(23(29)20-15-21(31-25-20)17-5-3-2-4-6-17)16-22(28)24-18-7-9-19(10-8-18)27-11-13-30-14-12-27/h2-10,21H,11-16H2,1H3,(H,24,28). The molecule has 0 aliphatic carbocycles. The minimum absolute atomic E-state index is 0.0704. The minimum Gasteiger partial charge on any atom is -0.387 e. The third-order valence-electron chi connectivity index (χ3n) is 5.34. The number of hydrogen-bond donors (Lipinski definition) is 1. The Labute approximate surface area is 181 Å². The quantitative estimate of drug-likeness (QED) is 0.773. The van der Waals surface area contributed by atoms with Crippen LogP contribution in [0.4, 0.5) is 11.4 Å². The van der Waals surface area contributed by atoms with Crippen molar-refractivity contribution in [3.8, 4) is 0 Å². The molecule has 1 N–H and O–H groups in total. The number of oxime groups is 1. The number of likely N-dealkylation sites (N-methyl/N-ethyl adjacent to an activating group) is 1. The molecule has 0 bridgehead atoms. The third kappa shape index (κ3) is 5.21. The van der Waals surface area contributed by atoms with Gasteiger partial charge in [-0.05, 0) is 29.8 Å². The number of morpholine rings is 1. The van der Waals surface area contributed by atoms with Gasteiger partial charge in [-0.2, -0.15) is 0 Å². The minimum atomic E-state index is -0.309. The van der Waals surface area contributed by atoms with Crippen LogP contribution in [0.25, 0.3) is 0 Å². The molecule has 0 spiro atoms. The van der Waals surface area contributed by atoms with E-state index in [9.17, 15) is 9.59 Å². The molecule has 31 heavy (non-hydrogen) atoms. The molecule has 8 nitrogen and oxygen atoms in total. The number of amides is 2. The Morgan fingerprint density at radius 1 is 1.10 bits per heavy atom. The van der Waals surface area contributed by atoms with E-state index in [4.69, 9.17) is 9.57 Å². The Morgan fingerprint density at radius 2 is 1.81 bits per heavy atom. The van der Waals surface area contributed by atoms with Gasteiger partial charge in [-0.1, -0.05) is 35.5 Å². The molecule has 2 amide bonds. The zero-order chi connectivity index (χ0) is 21.6. The lowest BCUT2D eigenvalue weighted by Crippen LogP contribution is -2.38. The molecule has 1 fully saturated rings. The van der Waals surface area contributed by atoms with Gasteiger partial charge in [0.2, 0.25) is 5.91 Å². The molecule has 2 aliphatic rings. The molecule has 0 saturated carbocycles. The molecule has 1 unspecified atom stereocenters. The summed E-state index contributed by atoms with van der Waals surface area (Å²) in [5, 5.41) is 6.78. The normalized spacial score (nSPS) is 18.2. The highest BCUT2D eigenvalue weighted by molar-refractivity contribution is 6.39. The van der Waals surface area contributed by atoms with E-state index < -0.39 is 0 Å². The third-order valence-corrected chi connectivity index (χ3v) is 5.34. The second kappa shape index (κ2) is 9.61. The Balaban J connectivity index is 1.27. The lowest BCUT2D eigenvalue weighted by molar-refractivity contribution is -0.127. The fraction of sp³-hybridized carbons (Fsp3) is 0.348. The SMILES string of the molecule is CN(CC(=O)Nc1ccc(N2CCOCC2)cc1)C(=O)C1=NOC(c2ccccc2)C1. The maximum atomic E-state index is 12.6. The largest absolute Gasteiger partial charge is 0.387 e. The van der Waals surface area contributed by atoms with Crippen molar-refractivity contribution in [2.75, 3.05) is 50.1 Å². The van der Waals surface area contributed by atoms with E-state index in [-0.39, 0.29) is 24.5 Å². The summed E-state index contributed by atoms with van der Waals surface area (Å²) in [7, 11) is 1.59. The van der Waals surface area contributed by atoms with Gasteiger partial charge in [-0.25, -0.2) is 0 Å². The molecular weight excluding hydrogens is 396 g/mol. The van der Waals surface area contributed by atoms with Crippen LogP contribution in [0.5, 0.6) is 0 Å². The topological polar surface area (TPSA) is 83.5 Å². The number of nitrogens with one attached hydrogen (secondary N) is 1. The first kappa shape index (κ1) is 20.9. The van der Waals surface area contributed by atoms with E-state index in [0.717, 1.165) is 37.6 Å². The zero-order valence-electron chi connectivity index (χ0n) is 17.5. The van der Waals surface area contributed by atoms with Crippen molar-refractivity contribution in [1.82, 2.24) is 4.90 Å². The van der Waals surface area contributed by atoms with Gasteiger partial charge in [0, 0.05) is 37.9 Å². The summed E-state index contributed by atoms with van der Waals surface area (Å²) in [4.78, 5) is 34.1. The second-order valence-corrected chi connectivity index (χ2v) is 7.60. The van der Waals surface area contributed by atoms with E-state index in [2.05, 4.69) is 15.4 Å². The van der Waals surface area contributed by atoms with Crippen LogP contribution in [0.2, 0.25) is 0 Å². The molecule has 4 rings (SSSR count). The molecule has 8 heteroatoms. The van der Waals surface area contributed by atoms with Crippen molar-refractivity contribution < 1.29 is 19.2 Å². The van der Waals surface area contributed by atoms with Crippen LogP contribution >= 0.6 is 0 Å². The van der Waals surface area contributed by atoms with Crippen LogP contribution in [-0.4, -0.2) is 62.3 Å². The first-order chi connectivity index (χ1) is 15.1. The number of hydrogen-bond acceptors (Lipinski definition) is 6.